The second kappa shape index (κ2) is 6.27. The highest BCUT2D eigenvalue weighted by Crippen LogP contribution is 2.36. The van der Waals surface area contributed by atoms with Gasteiger partial charge >= 0.3 is 0 Å². The monoisotopic (exact) mass is 374 g/mol. The van der Waals surface area contributed by atoms with Crippen LogP contribution in [0.2, 0.25) is 0 Å². The number of ether oxygens (including phenoxy) is 2. The molecule has 2 aromatic rings. The van der Waals surface area contributed by atoms with Crippen LogP contribution in [0.3, 0.4) is 0 Å². The lowest BCUT2D eigenvalue weighted by atomic mass is 10.1. The highest BCUT2D eigenvalue weighted by atomic mass is 19.1. The molecular weight excluding hydrogens is 362 g/mol. The molecule has 2 aliphatic rings. The van der Waals surface area contributed by atoms with Gasteiger partial charge in [0, 0.05) is 29.5 Å². The number of hydrogen-bond acceptors (Lipinski definition) is 6. The Hall–Kier alpha value is -3.62. The molecule has 2 N–H and O–H groups in total. The van der Waals surface area contributed by atoms with Crippen LogP contribution in [0.25, 0.3) is 0 Å². The van der Waals surface area contributed by atoms with Crippen molar-refractivity contribution in [2.24, 2.45) is 0 Å². The summed E-state index contributed by atoms with van der Waals surface area (Å²) in [7, 11) is 0. The summed E-state index contributed by atoms with van der Waals surface area (Å²) in [4.78, 5) is 25.7. The number of carbonyl (C=O) groups is 2. The molecule has 0 aliphatic carbocycles. The van der Waals surface area contributed by atoms with Crippen molar-refractivity contribution in [2.75, 3.05) is 12.1 Å². The van der Waals surface area contributed by atoms with Crippen molar-refractivity contribution in [1.29, 1.82) is 0 Å². The average Bonchev–Trinajstić information content (AvgIpc) is 3.21. The van der Waals surface area contributed by atoms with Crippen LogP contribution in [0.4, 0.5) is 14.5 Å². The van der Waals surface area contributed by atoms with Crippen molar-refractivity contribution >= 4 is 17.5 Å². The summed E-state index contributed by atoms with van der Waals surface area (Å²) in [5.74, 6) is -3.77. The Labute approximate surface area is 151 Å². The summed E-state index contributed by atoms with van der Waals surface area (Å²) in [5.41, 5.74) is 0.326. The Morgan fingerprint density at radius 1 is 1.15 bits per heavy atom. The van der Waals surface area contributed by atoms with E-state index in [1.807, 2.05) is 0 Å². The quantitative estimate of drug-likeness (QED) is 0.631. The maximum absolute atomic E-state index is 13.4. The second-order valence-corrected chi connectivity index (χ2v) is 5.85. The fraction of sp³-hybridized carbons (Fsp3) is 0.111. The lowest BCUT2D eigenvalue weighted by Gasteiger charge is -2.16. The number of rotatable bonds is 4. The number of halogens is 2. The van der Waals surface area contributed by atoms with Gasteiger partial charge in [0.2, 0.25) is 6.79 Å². The van der Waals surface area contributed by atoms with Crippen molar-refractivity contribution in [1.82, 2.24) is 4.90 Å². The first-order chi connectivity index (χ1) is 12.9. The number of anilines is 1. The fourth-order valence-electron chi connectivity index (χ4n) is 2.83. The molecule has 0 aromatic heterocycles. The summed E-state index contributed by atoms with van der Waals surface area (Å²) < 4.78 is 37.5. The molecule has 27 heavy (non-hydrogen) atoms. The number of aromatic hydroxyl groups is 1. The van der Waals surface area contributed by atoms with Gasteiger partial charge in [-0.1, -0.05) is 12.1 Å². The third-order valence-electron chi connectivity index (χ3n) is 4.11. The lowest BCUT2D eigenvalue weighted by Crippen LogP contribution is -2.31. The van der Waals surface area contributed by atoms with Crippen LogP contribution in [-0.2, 0) is 16.1 Å². The minimum atomic E-state index is -1.19. The Kier molecular flexibility index (Phi) is 3.91. The number of fused-ring (bicyclic) bond motifs is 1. The minimum Gasteiger partial charge on any atom is -0.503 e. The van der Waals surface area contributed by atoms with Gasteiger partial charge in [0.05, 0.1) is 6.54 Å². The van der Waals surface area contributed by atoms with Gasteiger partial charge in [-0.25, -0.2) is 8.78 Å². The van der Waals surface area contributed by atoms with E-state index in [0.29, 0.717) is 17.1 Å². The van der Waals surface area contributed by atoms with Crippen LogP contribution >= 0.6 is 0 Å². The van der Waals surface area contributed by atoms with Crippen molar-refractivity contribution < 1.29 is 33.0 Å². The molecule has 0 saturated carbocycles. The average molecular weight is 374 g/mol. The summed E-state index contributed by atoms with van der Waals surface area (Å²) in [6, 6.07) is 6.75. The number of hydrogen-bond donors (Lipinski definition) is 2. The van der Waals surface area contributed by atoms with E-state index in [1.165, 1.54) is 0 Å². The van der Waals surface area contributed by atoms with E-state index in [4.69, 9.17) is 14.6 Å². The predicted molar refractivity (Wildman–Crippen MR) is 87.9 cm³/mol. The molecule has 0 bridgehead atoms. The molecule has 0 atom stereocenters. The van der Waals surface area contributed by atoms with E-state index >= 15 is 0 Å². The van der Waals surface area contributed by atoms with Crippen molar-refractivity contribution in [3.63, 3.8) is 0 Å². The number of nitrogens with one attached hydrogen (secondary N) is 1. The van der Waals surface area contributed by atoms with Gasteiger partial charge < -0.3 is 19.9 Å². The predicted octanol–water partition coefficient (Wildman–Crippen LogP) is 2.26. The van der Waals surface area contributed by atoms with Gasteiger partial charge in [-0.2, -0.15) is 0 Å². The molecule has 138 valence electrons. The molecule has 2 aromatic carbocycles. The third kappa shape index (κ3) is 2.92. The van der Waals surface area contributed by atoms with Crippen LogP contribution in [-0.4, -0.2) is 28.6 Å². The zero-order valence-electron chi connectivity index (χ0n) is 13.7. The molecule has 2 aliphatic heterocycles. The minimum absolute atomic E-state index is 0.0514. The molecule has 2 heterocycles. The van der Waals surface area contributed by atoms with E-state index in [-0.39, 0.29) is 24.7 Å². The first-order valence-corrected chi connectivity index (χ1v) is 7.84. The van der Waals surface area contributed by atoms with Gasteiger partial charge in [0.1, 0.15) is 5.70 Å². The Balaban J connectivity index is 1.54. The number of amides is 2. The number of para-hydroxylation sites is 1. The van der Waals surface area contributed by atoms with Crippen molar-refractivity contribution in [3.8, 4) is 17.2 Å². The number of phenols is 1. The van der Waals surface area contributed by atoms with Gasteiger partial charge in [-0.3, -0.25) is 14.5 Å². The highest BCUT2D eigenvalue weighted by Gasteiger charge is 2.33. The van der Waals surface area contributed by atoms with Gasteiger partial charge in [-0.15, -0.1) is 0 Å². The SMILES string of the molecule is O=C1C=C(Nc2cc(F)c(O)c(F)c2)C(=O)N1Cc1cccc2c1OCO2. The Bertz CT molecular complexity index is 982. The van der Waals surface area contributed by atoms with Crippen LogP contribution in [0.1, 0.15) is 5.56 Å². The van der Waals surface area contributed by atoms with E-state index in [1.54, 1.807) is 18.2 Å². The van der Waals surface area contributed by atoms with Crippen molar-refractivity contribution in [3.05, 3.63) is 59.3 Å². The fourth-order valence-corrected chi connectivity index (χ4v) is 2.83. The molecule has 0 saturated heterocycles. The van der Waals surface area contributed by atoms with Gasteiger partial charge in [0.25, 0.3) is 11.8 Å². The number of nitrogens with zero attached hydrogens (tertiary/aromatic N) is 1. The van der Waals surface area contributed by atoms with E-state index in [2.05, 4.69) is 5.32 Å². The summed E-state index contributed by atoms with van der Waals surface area (Å²) in [6.07, 6.45) is 1.03. The van der Waals surface area contributed by atoms with Crippen LogP contribution in [0.5, 0.6) is 17.2 Å². The Morgan fingerprint density at radius 3 is 2.63 bits per heavy atom. The molecule has 2 amide bonds. The van der Waals surface area contributed by atoms with Crippen LogP contribution in [0, 0.1) is 11.6 Å². The maximum atomic E-state index is 13.4. The molecule has 9 heteroatoms. The maximum Gasteiger partial charge on any atom is 0.277 e. The van der Waals surface area contributed by atoms with Crippen LogP contribution < -0.4 is 14.8 Å². The molecule has 0 unspecified atom stereocenters. The summed E-state index contributed by atoms with van der Waals surface area (Å²) >= 11 is 0. The number of benzene rings is 2. The zero-order valence-corrected chi connectivity index (χ0v) is 13.7. The van der Waals surface area contributed by atoms with E-state index < -0.39 is 29.2 Å². The van der Waals surface area contributed by atoms with Gasteiger partial charge in [-0.05, 0) is 6.07 Å². The number of carbonyl (C=O) groups excluding carboxylic acids is 2. The highest BCUT2D eigenvalue weighted by molar-refractivity contribution is 6.17. The molecule has 0 spiro atoms. The molecule has 0 fully saturated rings. The third-order valence-corrected chi connectivity index (χ3v) is 4.11. The first kappa shape index (κ1) is 16.8. The normalized spacial score (nSPS) is 15.3. The molecular formula is C18H12F2N2O5. The van der Waals surface area contributed by atoms with Crippen molar-refractivity contribution in [2.45, 2.75) is 6.54 Å². The van der Waals surface area contributed by atoms with E-state index in [9.17, 15) is 18.4 Å². The number of phenolic OH excluding ortho intramolecular Hbond substituents is 1. The number of imide groups is 1. The summed E-state index contributed by atoms with van der Waals surface area (Å²) in [6.45, 7) is 0.00144. The smallest absolute Gasteiger partial charge is 0.277 e. The largest absolute Gasteiger partial charge is 0.503 e. The first-order valence-electron chi connectivity index (χ1n) is 7.84. The second-order valence-electron chi connectivity index (χ2n) is 5.85. The summed E-state index contributed by atoms with van der Waals surface area (Å²) in [5, 5.41) is 11.6. The van der Waals surface area contributed by atoms with Crippen LogP contribution in [0.15, 0.2) is 42.1 Å². The van der Waals surface area contributed by atoms with Gasteiger partial charge in [0.15, 0.2) is 28.9 Å². The lowest BCUT2D eigenvalue weighted by molar-refractivity contribution is -0.137. The topological polar surface area (TPSA) is 88.1 Å². The Morgan fingerprint density at radius 2 is 1.89 bits per heavy atom. The molecule has 4 rings (SSSR count). The van der Waals surface area contributed by atoms with E-state index in [0.717, 1.165) is 23.1 Å². The molecule has 7 nitrogen and oxygen atoms in total. The molecule has 0 radical (unpaired) electrons. The standard InChI is InChI=1S/C18H12F2N2O5/c19-11-4-10(5-12(20)16(11)24)21-13-6-15(23)22(18(13)25)7-9-2-1-3-14-17(9)27-8-26-14/h1-6,21,24H,7-8H2. The zero-order chi connectivity index (χ0) is 19.1.